The lowest BCUT2D eigenvalue weighted by atomic mass is 10.0. The first-order valence-electron chi connectivity index (χ1n) is 8.28. The number of benzene rings is 1. The van der Waals surface area contributed by atoms with Crippen LogP contribution in [0.25, 0.3) is 0 Å². The van der Waals surface area contributed by atoms with E-state index in [0.717, 1.165) is 39.0 Å². The van der Waals surface area contributed by atoms with Gasteiger partial charge in [0.25, 0.3) is 0 Å². The van der Waals surface area contributed by atoms with Gasteiger partial charge in [-0.25, -0.2) is 4.39 Å². The van der Waals surface area contributed by atoms with Gasteiger partial charge in [-0.1, -0.05) is 39.8 Å². The van der Waals surface area contributed by atoms with Crippen LogP contribution >= 0.6 is 0 Å². The summed E-state index contributed by atoms with van der Waals surface area (Å²) in [5.74, 6) is 0.529. The van der Waals surface area contributed by atoms with Gasteiger partial charge in [-0.3, -0.25) is 0 Å². The van der Waals surface area contributed by atoms with Crippen molar-refractivity contribution in [1.82, 2.24) is 10.2 Å². The quantitative estimate of drug-likeness (QED) is 0.694. The minimum atomic E-state index is -0.164. The Morgan fingerprint density at radius 3 is 2.33 bits per heavy atom. The second-order valence-electron chi connectivity index (χ2n) is 6.13. The van der Waals surface area contributed by atoms with E-state index in [0.29, 0.717) is 12.0 Å². The molecule has 2 nitrogen and oxygen atoms in total. The molecular formula is C18H31FN2. The summed E-state index contributed by atoms with van der Waals surface area (Å²) in [5, 5.41) is 3.59. The molecule has 0 radical (unpaired) electrons. The molecule has 3 heteroatoms. The molecule has 1 aromatic carbocycles. The average Bonchev–Trinajstić information content (AvgIpc) is 2.46. The molecule has 21 heavy (non-hydrogen) atoms. The van der Waals surface area contributed by atoms with E-state index in [-0.39, 0.29) is 5.82 Å². The Balaban J connectivity index is 2.62. The van der Waals surface area contributed by atoms with Gasteiger partial charge in [-0.2, -0.15) is 0 Å². The third-order valence-corrected chi connectivity index (χ3v) is 3.72. The lowest BCUT2D eigenvalue weighted by Gasteiger charge is -2.26. The summed E-state index contributed by atoms with van der Waals surface area (Å²) >= 11 is 0. The zero-order valence-electron chi connectivity index (χ0n) is 14.0. The molecule has 0 saturated carbocycles. The van der Waals surface area contributed by atoms with Crippen molar-refractivity contribution in [1.29, 1.82) is 0 Å². The van der Waals surface area contributed by atoms with Crippen LogP contribution in [0.15, 0.2) is 24.3 Å². The van der Waals surface area contributed by atoms with Gasteiger partial charge in [0.2, 0.25) is 0 Å². The second kappa shape index (κ2) is 9.91. The van der Waals surface area contributed by atoms with Crippen LogP contribution in [0, 0.1) is 11.7 Å². The van der Waals surface area contributed by atoms with Crippen LogP contribution in [-0.4, -0.2) is 31.1 Å². The maximum atomic E-state index is 13.1. The third-order valence-electron chi connectivity index (χ3n) is 3.72. The summed E-state index contributed by atoms with van der Waals surface area (Å²) in [7, 11) is 0. The molecule has 0 aliphatic rings. The first-order valence-corrected chi connectivity index (χ1v) is 8.28. The fourth-order valence-electron chi connectivity index (χ4n) is 2.61. The molecular weight excluding hydrogens is 263 g/mol. The highest BCUT2D eigenvalue weighted by atomic mass is 19.1. The zero-order valence-corrected chi connectivity index (χ0v) is 14.0. The molecule has 1 rings (SSSR count). The van der Waals surface area contributed by atoms with Gasteiger partial charge in [0.15, 0.2) is 0 Å². The van der Waals surface area contributed by atoms with E-state index in [9.17, 15) is 4.39 Å². The first kappa shape index (κ1) is 18.1. The second-order valence-corrected chi connectivity index (χ2v) is 6.13. The highest BCUT2D eigenvalue weighted by Gasteiger charge is 2.13. The van der Waals surface area contributed by atoms with Crippen LogP contribution in [0.1, 0.15) is 52.1 Å². The molecule has 0 aliphatic carbocycles. The van der Waals surface area contributed by atoms with E-state index < -0.39 is 0 Å². The maximum Gasteiger partial charge on any atom is 0.123 e. The molecule has 0 saturated heterocycles. The summed E-state index contributed by atoms with van der Waals surface area (Å²) in [6.07, 6.45) is 2.17. The topological polar surface area (TPSA) is 15.3 Å². The Morgan fingerprint density at radius 2 is 1.81 bits per heavy atom. The maximum absolute atomic E-state index is 13.1. The molecule has 1 unspecified atom stereocenters. The van der Waals surface area contributed by atoms with Crippen molar-refractivity contribution in [3.8, 4) is 0 Å². The molecule has 120 valence electrons. The van der Waals surface area contributed by atoms with Gasteiger partial charge in [0.05, 0.1) is 0 Å². The standard InChI is InChI=1S/C18H31FN2/c1-5-12-20-18(16-7-9-17(19)10-8-16)11-13-21(6-2)14-15(3)4/h7-10,15,18,20H,5-6,11-14H2,1-4H3. The van der Waals surface area contributed by atoms with E-state index in [1.54, 1.807) is 12.1 Å². The van der Waals surface area contributed by atoms with Crippen molar-refractivity contribution in [3.05, 3.63) is 35.6 Å². The number of nitrogens with zero attached hydrogens (tertiary/aromatic N) is 1. The minimum Gasteiger partial charge on any atom is -0.310 e. The Labute approximate surface area is 129 Å². The summed E-state index contributed by atoms with van der Waals surface area (Å²) in [5.41, 5.74) is 1.19. The van der Waals surface area contributed by atoms with E-state index >= 15 is 0 Å². The molecule has 0 spiro atoms. The van der Waals surface area contributed by atoms with Crippen LogP contribution in [0.2, 0.25) is 0 Å². The van der Waals surface area contributed by atoms with E-state index in [4.69, 9.17) is 0 Å². The van der Waals surface area contributed by atoms with E-state index in [2.05, 4.69) is 37.9 Å². The van der Waals surface area contributed by atoms with Crippen molar-refractivity contribution >= 4 is 0 Å². The summed E-state index contributed by atoms with van der Waals surface area (Å²) in [4.78, 5) is 2.49. The summed E-state index contributed by atoms with van der Waals surface area (Å²) in [6, 6.07) is 7.23. The SMILES string of the molecule is CCCNC(CCN(CC)CC(C)C)c1ccc(F)cc1. The van der Waals surface area contributed by atoms with Gasteiger partial charge < -0.3 is 10.2 Å². The molecule has 1 N–H and O–H groups in total. The zero-order chi connectivity index (χ0) is 15.7. The Morgan fingerprint density at radius 1 is 1.14 bits per heavy atom. The molecule has 0 bridgehead atoms. The number of halogens is 1. The fraction of sp³-hybridized carbons (Fsp3) is 0.667. The first-order chi connectivity index (χ1) is 10.1. The van der Waals surface area contributed by atoms with Crippen molar-refractivity contribution in [3.63, 3.8) is 0 Å². The van der Waals surface area contributed by atoms with Crippen LogP contribution in [-0.2, 0) is 0 Å². The van der Waals surface area contributed by atoms with Crippen molar-refractivity contribution in [2.24, 2.45) is 5.92 Å². The number of nitrogens with one attached hydrogen (secondary N) is 1. The van der Waals surface area contributed by atoms with Crippen LogP contribution < -0.4 is 5.32 Å². The van der Waals surface area contributed by atoms with E-state index in [1.165, 1.54) is 5.56 Å². The highest BCUT2D eigenvalue weighted by Crippen LogP contribution is 2.18. The molecule has 0 aromatic heterocycles. The Kier molecular flexibility index (Phi) is 8.55. The van der Waals surface area contributed by atoms with Crippen molar-refractivity contribution in [2.45, 2.75) is 46.6 Å². The molecule has 0 fully saturated rings. The smallest absolute Gasteiger partial charge is 0.123 e. The number of rotatable bonds is 10. The number of hydrogen-bond acceptors (Lipinski definition) is 2. The van der Waals surface area contributed by atoms with Gasteiger partial charge in [-0.05, 0) is 56.1 Å². The predicted molar refractivity (Wildman–Crippen MR) is 89.0 cm³/mol. The molecule has 1 aromatic rings. The third kappa shape index (κ3) is 7.05. The number of hydrogen-bond donors (Lipinski definition) is 1. The largest absolute Gasteiger partial charge is 0.310 e. The van der Waals surface area contributed by atoms with E-state index in [1.807, 2.05) is 12.1 Å². The van der Waals surface area contributed by atoms with Crippen LogP contribution in [0.3, 0.4) is 0 Å². The van der Waals surface area contributed by atoms with Gasteiger partial charge in [-0.15, -0.1) is 0 Å². The molecule has 1 atom stereocenters. The van der Waals surface area contributed by atoms with Crippen LogP contribution in [0.5, 0.6) is 0 Å². The Bertz CT molecular complexity index is 375. The monoisotopic (exact) mass is 294 g/mol. The summed E-state index contributed by atoms with van der Waals surface area (Å²) < 4.78 is 13.1. The van der Waals surface area contributed by atoms with Gasteiger partial charge in [0, 0.05) is 12.6 Å². The highest BCUT2D eigenvalue weighted by molar-refractivity contribution is 5.20. The fourth-order valence-corrected chi connectivity index (χ4v) is 2.61. The predicted octanol–water partition coefficient (Wildman–Crippen LogP) is 4.23. The molecule has 0 heterocycles. The summed E-state index contributed by atoms with van der Waals surface area (Å²) in [6.45, 7) is 13.2. The minimum absolute atomic E-state index is 0.164. The molecule has 0 aliphatic heterocycles. The van der Waals surface area contributed by atoms with Crippen molar-refractivity contribution in [2.75, 3.05) is 26.2 Å². The van der Waals surface area contributed by atoms with Crippen molar-refractivity contribution < 1.29 is 4.39 Å². The lowest BCUT2D eigenvalue weighted by molar-refractivity contribution is 0.241. The normalized spacial score (nSPS) is 13.1. The lowest BCUT2D eigenvalue weighted by Crippen LogP contribution is -2.32. The van der Waals surface area contributed by atoms with Gasteiger partial charge in [0.1, 0.15) is 5.82 Å². The van der Waals surface area contributed by atoms with Crippen LogP contribution in [0.4, 0.5) is 4.39 Å². The Hall–Kier alpha value is -0.930. The average molecular weight is 294 g/mol. The van der Waals surface area contributed by atoms with Gasteiger partial charge >= 0.3 is 0 Å². The molecule has 0 amide bonds.